The number of piperidine rings is 1. The fraction of sp³-hybridized carbons (Fsp3) is 0.565. The van der Waals surface area contributed by atoms with Crippen LogP contribution in [0.3, 0.4) is 0 Å². The maximum absolute atomic E-state index is 5.25. The molecule has 6 nitrogen and oxygen atoms in total. The third-order valence-electron chi connectivity index (χ3n) is 5.74. The summed E-state index contributed by atoms with van der Waals surface area (Å²) in [6.07, 6.45) is 3.11. The van der Waals surface area contributed by atoms with Crippen molar-refractivity contribution in [1.82, 2.24) is 20.7 Å². The van der Waals surface area contributed by atoms with Gasteiger partial charge in [-0.15, -0.1) is 24.0 Å². The molecule has 1 aliphatic heterocycles. The van der Waals surface area contributed by atoms with Crippen molar-refractivity contribution < 1.29 is 4.52 Å². The van der Waals surface area contributed by atoms with Crippen molar-refractivity contribution in [3.8, 4) is 0 Å². The molecule has 1 aliphatic rings. The van der Waals surface area contributed by atoms with E-state index in [-0.39, 0.29) is 24.0 Å². The van der Waals surface area contributed by atoms with Gasteiger partial charge >= 0.3 is 0 Å². The molecular formula is C23H36IN5O. The predicted octanol–water partition coefficient (Wildman–Crippen LogP) is 4.06. The van der Waals surface area contributed by atoms with E-state index in [4.69, 9.17) is 9.52 Å². The van der Waals surface area contributed by atoms with Gasteiger partial charge in [-0.05, 0) is 52.5 Å². The molecule has 30 heavy (non-hydrogen) atoms. The molecule has 1 aromatic heterocycles. The summed E-state index contributed by atoms with van der Waals surface area (Å²) < 4.78 is 5.25. The van der Waals surface area contributed by atoms with E-state index in [1.165, 1.54) is 11.1 Å². The van der Waals surface area contributed by atoms with Crippen LogP contribution >= 0.6 is 24.0 Å². The molecule has 2 N–H and O–H groups in total. The van der Waals surface area contributed by atoms with Gasteiger partial charge in [0.1, 0.15) is 5.76 Å². The number of benzene rings is 1. The molecule has 0 amide bonds. The Morgan fingerprint density at radius 2 is 2.03 bits per heavy atom. The maximum Gasteiger partial charge on any atom is 0.191 e. The number of hydrogen-bond donors (Lipinski definition) is 2. The van der Waals surface area contributed by atoms with Gasteiger partial charge in [0.05, 0.1) is 5.69 Å². The SMILES string of the molecule is CCNC(=NCCc1c(C)noc1C)NC1CCN(Cc2ccccc2)C(C)C1.I. The van der Waals surface area contributed by atoms with Crippen molar-refractivity contribution in [3.05, 3.63) is 52.9 Å². The van der Waals surface area contributed by atoms with Crippen molar-refractivity contribution in [2.24, 2.45) is 4.99 Å². The zero-order valence-corrected chi connectivity index (χ0v) is 21.0. The molecule has 7 heteroatoms. The Morgan fingerprint density at radius 1 is 1.27 bits per heavy atom. The van der Waals surface area contributed by atoms with Crippen LogP contribution in [0.25, 0.3) is 0 Å². The zero-order valence-electron chi connectivity index (χ0n) is 18.6. The van der Waals surface area contributed by atoms with Gasteiger partial charge in [-0.1, -0.05) is 35.5 Å². The first-order chi connectivity index (χ1) is 14.1. The van der Waals surface area contributed by atoms with Crippen LogP contribution in [0.15, 0.2) is 39.8 Å². The van der Waals surface area contributed by atoms with Crippen molar-refractivity contribution in [3.63, 3.8) is 0 Å². The Balaban J connectivity index is 0.00000320. The van der Waals surface area contributed by atoms with E-state index in [9.17, 15) is 0 Å². The molecule has 1 aromatic carbocycles. The molecule has 0 bridgehead atoms. The molecule has 0 spiro atoms. The quantitative estimate of drug-likeness (QED) is 0.324. The van der Waals surface area contributed by atoms with Gasteiger partial charge in [0.2, 0.25) is 0 Å². The molecule has 0 aliphatic carbocycles. The summed E-state index contributed by atoms with van der Waals surface area (Å²) in [5.41, 5.74) is 3.53. The number of likely N-dealkylation sites (tertiary alicyclic amines) is 1. The Hall–Kier alpha value is -1.61. The van der Waals surface area contributed by atoms with Crippen LogP contribution in [0.5, 0.6) is 0 Å². The third-order valence-corrected chi connectivity index (χ3v) is 5.74. The fourth-order valence-corrected chi connectivity index (χ4v) is 4.06. The molecular weight excluding hydrogens is 489 g/mol. The van der Waals surface area contributed by atoms with E-state index in [0.717, 1.165) is 62.9 Å². The van der Waals surface area contributed by atoms with Gasteiger partial charge in [0.15, 0.2) is 5.96 Å². The summed E-state index contributed by atoms with van der Waals surface area (Å²) in [6, 6.07) is 11.8. The van der Waals surface area contributed by atoms with E-state index in [1.54, 1.807) is 0 Å². The Kier molecular flexibility index (Phi) is 10.1. The van der Waals surface area contributed by atoms with Crippen LogP contribution in [0, 0.1) is 13.8 Å². The van der Waals surface area contributed by atoms with Crippen molar-refractivity contribution in [1.29, 1.82) is 0 Å². The van der Waals surface area contributed by atoms with Gasteiger partial charge in [0, 0.05) is 43.8 Å². The predicted molar refractivity (Wildman–Crippen MR) is 134 cm³/mol. The van der Waals surface area contributed by atoms with E-state index in [1.807, 2.05) is 13.8 Å². The van der Waals surface area contributed by atoms with E-state index in [0.29, 0.717) is 12.1 Å². The molecule has 0 saturated carbocycles. The average molecular weight is 525 g/mol. The highest BCUT2D eigenvalue weighted by Gasteiger charge is 2.26. The van der Waals surface area contributed by atoms with E-state index >= 15 is 0 Å². The number of hydrogen-bond acceptors (Lipinski definition) is 4. The molecule has 2 aromatic rings. The molecule has 0 radical (unpaired) electrons. The Labute approximate surface area is 197 Å². The minimum Gasteiger partial charge on any atom is -0.361 e. The van der Waals surface area contributed by atoms with Crippen molar-refractivity contribution in [2.75, 3.05) is 19.6 Å². The smallest absolute Gasteiger partial charge is 0.191 e. The lowest BCUT2D eigenvalue weighted by Crippen LogP contribution is -2.51. The minimum absolute atomic E-state index is 0. The number of aliphatic imine (C=N–C) groups is 1. The van der Waals surface area contributed by atoms with Crippen LogP contribution in [0.2, 0.25) is 0 Å². The maximum atomic E-state index is 5.25. The van der Waals surface area contributed by atoms with Gasteiger partial charge < -0.3 is 15.2 Å². The first kappa shape index (κ1) is 24.7. The number of rotatable bonds is 7. The molecule has 1 fully saturated rings. The number of halogens is 1. The highest BCUT2D eigenvalue weighted by atomic mass is 127. The molecule has 2 unspecified atom stereocenters. The zero-order chi connectivity index (χ0) is 20.6. The number of aryl methyl sites for hydroxylation is 2. The molecule has 166 valence electrons. The highest BCUT2D eigenvalue weighted by Crippen LogP contribution is 2.20. The molecule has 2 heterocycles. The summed E-state index contributed by atoms with van der Waals surface area (Å²) in [5.74, 6) is 1.81. The highest BCUT2D eigenvalue weighted by molar-refractivity contribution is 14.0. The summed E-state index contributed by atoms with van der Waals surface area (Å²) in [4.78, 5) is 7.37. The lowest BCUT2D eigenvalue weighted by Gasteiger charge is -2.38. The van der Waals surface area contributed by atoms with Gasteiger partial charge in [0.25, 0.3) is 0 Å². The lowest BCUT2D eigenvalue weighted by atomic mass is 9.97. The normalized spacial score (nSPS) is 19.9. The average Bonchev–Trinajstić information content (AvgIpc) is 3.03. The van der Waals surface area contributed by atoms with Gasteiger partial charge in [-0.25, -0.2) is 0 Å². The Morgan fingerprint density at radius 3 is 2.67 bits per heavy atom. The first-order valence-corrected chi connectivity index (χ1v) is 10.8. The van der Waals surface area contributed by atoms with E-state index in [2.05, 4.69) is 64.9 Å². The largest absolute Gasteiger partial charge is 0.361 e. The van der Waals surface area contributed by atoms with Crippen LogP contribution in [-0.4, -0.2) is 47.7 Å². The monoisotopic (exact) mass is 525 g/mol. The van der Waals surface area contributed by atoms with Crippen molar-refractivity contribution in [2.45, 2.75) is 65.6 Å². The molecule has 1 saturated heterocycles. The van der Waals surface area contributed by atoms with Crippen LogP contribution in [-0.2, 0) is 13.0 Å². The molecule has 2 atom stereocenters. The summed E-state index contributed by atoms with van der Waals surface area (Å²) in [7, 11) is 0. The standard InChI is InChI=1S/C23H35N5O.HI/c1-5-24-23(25-13-11-22-18(3)27-29-19(22)4)26-21-12-14-28(17(2)15-21)16-20-9-7-6-8-10-20;/h6-10,17,21H,5,11-16H2,1-4H3,(H2,24,25,26);1H. The van der Waals surface area contributed by atoms with E-state index < -0.39 is 0 Å². The fourth-order valence-electron chi connectivity index (χ4n) is 4.06. The first-order valence-electron chi connectivity index (χ1n) is 10.8. The second-order valence-electron chi connectivity index (χ2n) is 7.98. The summed E-state index contributed by atoms with van der Waals surface area (Å²) in [5, 5.41) is 11.1. The number of guanidine groups is 1. The van der Waals surface area contributed by atoms with Crippen LogP contribution in [0.4, 0.5) is 0 Å². The Bertz CT molecular complexity index is 773. The second-order valence-corrected chi connectivity index (χ2v) is 7.98. The second kappa shape index (κ2) is 12.3. The minimum atomic E-state index is 0. The van der Waals surface area contributed by atoms with Crippen LogP contribution in [0.1, 0.15) is 49.3 Å². The van der Waals surface area contributed by atoms with Crippen LogP contribution < -0.4 is 10.6 Å². The lowest BCUT2D eigenvalue weighted by molar-refractivity contribution is 0.134. The topological polar surface area (TPSA) is 65.7 Å². The number of nitrogens with one attached hydrogen (secondary N) is 2. The van der Waals surface area contributed by atoms with Gasteiger partial charge in [-0.3, -0.25) is 9.89 Å². The summed E-state index contributed by atoms with van der Waals surface area (Å²) >= 11 is 0. The van der Waals surface area contributed by atoms with Gasteiger partial charge in [-0.2, -0.15) is 0 Å². The molecule has 3 rings (SSSR count). The number of aromatic nitrogens is 1. The van der Waals surface area contributed by atoms with Crippen molar-refractivity contribution >= 4 is 29.9 Å². The number of nitrogens with zero attached hydrogens (tertiary/aromatic N) is 3. The summed E-state index contributed by atoms with van der Waals surface area (Å²) in [6.45, 7) is 12.1. The third kappa shape index (κ3) is 6.97.